The molecule has 1 N–H and O–H groups in total. The standard InChI is InChI=1S/C15H10F2N2OS/c1-8-4-2-7-11-13(8)18-15(21-11)19-14(20)12-9(16)5-3-6-10(12)17/h2-7H,1H3,(H,18,19,20). The number of halogens is 2. The van der Waals surface area contributed by atoms with Crippen LogP contribution in [0.25, 0.3) is 10.2 Å². The zero-order valence-electron chi connectivity index (χ0n) is 11.0. The highest BCUT2D eigenvalue weighted by Gasteiger charge is 2.18. The van der Waals surface area contributed by atoms with Gasteiger partial charge in [0.25, 0.3) is 5.91 Å². The molecule has 0 spiro atoms. The Labute approximate surface area is 123 Å². The van der Waals surface area contributed by atoms with Crippen molar-refractivity contribution in [2.75, 3.05) is 5.32 Å². The summed E-state index contributed by atoms with van der Waals surface area (Å²) in [4.78, 5) is 16.3. The molecule has 1 aromatic heterocycles. The van der Waals surface area contributed by atoms with Gasteiger partial charge < -0.3 is 0 Å². The molecule has 2 aromatic carbocycles. The van der Waals surface area contributed by atoms with Gasteiger partial charge in [-0.3, -0.25) is 10.1 Å². The maximum Gasteiger partial charge on any atom is 0.263 e. The molecule has 0 unspecified atom stereocenters. The van der Waals surface area contributed by atoms with Crippen LogP contribution in [0.4, 0.5) is 13.9 Å². The Morgan fingerprint density at radius 1 is 1.14 bits per heavy atom. The second kappa shape index (κ2) is 5.21. The molecule has 3 rings (SSSR count). The Kier molecular flexibility index (Phi) is 3.39. The molecule has 0 saturated heterocycles. The number of amides is 1. The predicted octanol–water partition coefficient (Wildman–Crippen LogP) is 4.14. The highest BCUT2D eigenvalue weighted by molar-refractivity contribution is 7.22. The summed E-state index contributed by atoms with van der Waals surface area (Å²) in [6, 6.07) is 8.96. The quantitative estimate of drug-likeness (QED) is 0.773. The number of para-hydroxylation sites is 1. The smallest absolute Gasteiger partial charge is 0.263 e. The Bertz CT molecular complexity index is 825. The molecule has 0 radical (unpaired) electrons. The van der Waals surface area contributed by atoms with Gasteiger partial charge in [-0.05, 0) is 30.7 Å². The van der Waals surface area contributed by atoms with Gasteiger partial charge in [-0.25, -0.2) is 13.8 Å². The molecular formula is C15H10F2N2OS. The zero-order valence-corrected chi connectivity index (χ0v) is 11.8. The Morgan fingerprint density at radius 3 is 2.48 bits per heavy atom. The summed E-state index contributed by atoms with van der Waals surface area (Å²) in [5, 5.41) is 2.76. The van der Waals surface area contributed by atoms with Crippen molar-refractivity contribution in [3.63, 3.8) is 0 Å². The number of anilines is 1. The summed E-state index contributed by atoms with van der Waals surface area (Å²) in [6.07, 6.45) is 0. The van der Waals surface area contributed by atoms with Gasteiger partial charge >= 0.3 is 0 Å². The molecule has 21 heavy (non-hydrogen) atoms. The molecule has 1 amide bonds. The van der Waals surface area contributed by atoms with Crippen molar-refractivity contribution < 1.29 is 13.6 Å². The van der Waals surface area contributed by atoms with E-state index in [1.54, 1.807) is 0 Å². The van der Waals surface area contributed by atoms with Crippen LogP contribution in [-0.4, -0.2) is 10.9 Å². The number of hydrogen-bond acceptors (Lipinski definition) is 3. The first-order valence-electron chi connectivity index (χ1n) is 6.18. The van der Waals surface area contributed by atoms with Crippen LogP contribution in [0.15, 0.2) is 36.4 Å². The molecule has 0 aliphatic heterocycles. The van der Waals surface area contributed by atoms with E-state index in [-0.39, 0.29) is 0 Å². The first kappa shape index (κ1) is 13.6. The van der Waals surface area contributed by atoms with Gasteiger partial charge in [-0.2, -0.15) is 0 Å². The number of rotatable bonds is 2. The fraction of sp³-hybridized carbons (Fsp3) is 0.0667. The van der Waals surface area contributed by atoms with Crippen molar-refractivity contribution in [2.45, 2.75) is 6.92 Å². The molecule has 106 valence electrons. The van der Waals surface area contributed by atoms with Gasteiger partial charge in [0.15, 0.2) is 5.13 Å². The highest BCUT2D eigenvalue weighted by Crippen LogP contribution is 2.28. The monoisotopic (exact) mass is 304 g/mol. The Morgan fingerprint density at radius 2 is 1.81 bits per heavy atom. The fourth-order valence-electron chi connectivity index (χ4n) is 2.01. The molecule has 0 bridgehead atoms. The number of fused-ring (bicyclic) bond motifs is 1. The predicted molar refractivity (Wildman–Crippen MR) is 78.7 cm³/mol. The van der Waals surface area contributed by atoms with Gasteiger partial charge in [0.1, 0.15) is 17.2 Å². The topological polar surface area (TPSA) is 42.0 Å². The summed E-state index contributed by atoms with van der Waals surface area (Å²) in [5.74, 6) is -2.64. The molecule has 0 aliphatic rings. The van der Waals surface area contributed by atoms with E-state index in [4.69, 9.17) is 0 Å². The fourth-order valence-corrected chi connectivity index (χ4v) is 2.95. The number of aromatic nitrogens is 1. The van der Waals surface area contributed by atoms with Crippen LogP contribution in [0.5, 0.6) is 0 Å². The molecule has 0 aliphatic carbocycles. The van der Waals surface area contributed by atoms with Crippen molar-refractivity contribution in [2.24, 2.45) is 0 Å². The second-order valence-corrected chi connectivity index (χ2v) is 5.52. The molecule has 3 aromatic rings. The minimum Gasteiger partial charge on any atom is -0.298 e. The lowest BCUT2D eigenvalue weighted by atomic mass is 10.2. The number of carbonyl (C=O) groups excluding carboxylic acids is 1. The minimum atomic E-state index is -0.898. The van der Waals surface area contributed by atoms with Crippen LogP contribution in [0, 0.1) is 18.6 Å². The van der Waals surface area contributed by atoms with E-state index < -0.39 is 23.1 Å². The first-order chi connectivity index (χ1) is 10.1. The minimum absolute atomic E-state index is 0.312. The van der Waals surface area contributed by atoms with Crippen molar-refractivity contribution in [3.8, 4) is 0 Å². The summed E-state index contributed by atoms with van der Waals surface area (Å²) < 4.78 is 28.0. The normalized spacial score (nSPS) is 10.8. The molecule has 0 saturated carbocycles. The molecule has 1 heterocycles. The molecule has 6 heteroatoms. The first-order valence-corrected chi connectivity index (χ1v) is 6.99. The van der Waals surface area contributed by atoms with Gasteiger partial charge in [0, 0.05) is 0 Å². The summed E-state index contributed by atoms with van der Waals surface area (Å²) in [5.41, 5.74) is 1.14. The zero-order chi connectivity index (χ0) is 15.0. The number of nitrogens with one attached hydrogen (secondary N) is 1. The number of nitrogens with zero attached hydrogens (tertiary/aromatic N) is 1. The lowest BCUT2D eigenvalue weighted by Crippen LogP contribution is -2.15. The van der Waals surface area contributed by atoms with Gasteiger partial charge in [0.05, 0.1) is 10.2 Å². The maximum absolute atomic E-state index is 13.6. The van der Waals surface area contributed by atoms with E-state index in [1.165, 1.54) is 17.4 Å². The SMILES string of the molecule is Cc1cccc2sc(NC(=O)c3c(F)cccc3F)nc12. The van der Waals surface area contributed by atoms with Crippen LogP contribution in [0.3, 0.4) is 0 Å². The molecular weight excluding hydrogens is 294 g/mol. The van der Waals surface area contributed by atoms with E-state index in [2.05, 4.69) is 10.3 Å². The molecule has 3 nitrogen and oxygen atoms in total. The Balaban J connectivity index is 1.95. The van der Waals surface area contributed by atoms with Gasteiger partial charge in [0.2, 0.25) is 0 Å². The number of thiazole rings is 1. The number of benzene rings is 2. The molecule has 0 atom stereocenters. The number of aryl methyl sites for hydroxylation is 1. The van der Waals surface area contributed by atoms with Crippen molar-refractivity contribution >= 4 is 32.6 Å². The third-order valence-corrected chi connectivity index (χ3v) is 3.97. The average Bonchev–Trinajstić information content (AvgIpc) is 2.82. The van der Waals surface area contributed by atoms with Crippen molar-refractivity contribution in [1.82, 2.24) is 4.98 Å². The van der Waals surface area contributed by atoms with E-state index in [0.29, 0.717) is 5.13 Å². The van der Waals surface area contributed by atoms with Gasteiger partial charge in [-0.15, -0.1) is 0 Å². The summed E-state index contributed by atoms with van der Waals surface area (Å²) >= 11 is 1.26. The van der Waals surface area contributed by atoms with E-state index in [1.807, 2.05) is 25.1 Å². The largest absolute Gasteiger partial charge is 0.298 e. The van der Waals surface area contributed by atoms with E-state index >= 15 is 0 Å². The van der Waals surface area contributed by atoms with Crippen molar-refractivity contribution in [3.05, 3.63) is 59.2 Å². The second-order valence-electron chi connectivity index (χ2n) is 4.49. The van der Waals surface area contributed by atoms with Crippen LogP contribution >= 0.6 is 11.3 Å². The van der Waals surface area contributed by atoms with Crippen LogP contribution < -0.4 is 5.32 Å². The van der Waals surface area contributed by atoms with E-state index in [9.17, 15) is 13.6 Å². The lowest BCUT2D eigenvalue weighted by Gasteiger charge is -2.03. The molecule has 0 fully saturated rings. The van der Waals surface area contributed by atoms with Crippen LogP contribution in [0.1, 0.15) is 15.9 Å². The average molecular weight is 304 g/mol. The van der Waals surface area contributed by atoms with Crippen LogP contribution in [0.2, 0.25) is 0 Å². The van der Waals surface area contributed by atoms with Gasteiger partial charge in [-0.1, -0.05) is 29.5 Å². The Hall–Kier alpha value is -2.34. The summed E-state index contributed by atoms with van der Waals surface area (Å²) in [6.45, 7) is 1.91. The number of carbonyl (C=O) groups is 1. The van der Waals surface area contributed by atoms with Crippen molar-refractivity contribution in [1.29, 1.82) is 0 Å². The van der Waals surface area contributed by atoms with Crippen LogP contribution in [-0.2, 0) is 0 Å². The van der Waals surface area contributed by atoms with E-state index in [0.717, 1.165) is 27.9 Å². The third kappa shape index (κ3) is 2.50. The maximum atomic E-state index is 13.6. The lowest BCUT2D eigenvalue weighted by molar-refractivity contribution is 0.101. The third-order valence-electron chi connectivity index (χ3n) is 3.03. The highest BCUT2D eigenvalue weighted by atomic mass is 32.1. The number of hydrogen-bond donors (Lipinski definition) is 1. The summed E-state index contributed by atoms with van der Waals surface area (Å²) in [7, 11) is 0.